The maximum atomic E-state index is 11.9. The van der Waals surface area contributed by atoms with Crippen molar-refractivity contribution in [2.45, 2.75) is 44.9 Å². The number of hydrogen-bond donors (Lipinski definition) is 0. The third-order valence-corrected chi connectivity index (χ3v) is 6.39. The number of para-hydroxylation sites is 1. The fraction of sp³-hybridized carbons (Fsp3) is 0.417. The van der Waals surface area contributed by atoms with Crippen molar-refractivity contribution in [2.24, 2.45) is 5.10 Å². The van der Waals surface area contributed by atoms with Crippen LogP contribution in [0.1, 0.15) is 50.3 Å². The molecule has 1 spiro atoms. The van der Waals surface area contributed by atoms with E-state index in [2.05, 4.69) is 23.2 Å². The summed E-state index contributed by atoms with van der Waals surface area (Å²) in [5.74, 6) is 1.74. The molecule has 5 rings (SSSR count). The SMILES string of the molecule is CCOc1cccc2c1OC1(CCN(C(C)=O)CC1)N1N=C(c3ccccc3)CC21. The number of rotatable bonds is 3. The number of hydrogen-bond acceptors (Lipinski definition) is 5. The molecule has 6 nitrogen and oxygen atoms in total. The number of carbonyl (C=O) groups is 1. The van der Waals surface area contributed by atoms with Crippen LogP contribution in [0, 0.1) is 0 Å². The van der Waals surface area contributed by atoms with Gasteiger partial charge in [0.15, 0.2) is 11.5 Å². The third kappa shape index (κ3) is 3.02. The van der Waals surface area contributed by atoms with Crippen LogP contribution in [0.5, 0.6) is 11.5 Å². The number of likely N-dealkylation sites (tertiary alicyclic amines) is 1. The summed E-state index contributed by atoms with van der Waals surface area (Å²) in [5.41, 5.74) is 2.78. The van der Waals surface area contributed by atoms with Gasteiger partial charge in [0.2, 0.25) is 11.6 Å². The van der Waals surface area contributed by atoms with Crippen molar-refractivity contribution < 1.29 is 14.3 Å². The minimum Gasteiger partial charge on any atom is -0.490 e. The second kappa shape index (κ2) is 7.35. The van der Waals surface area contributed by atoms with Crippen LogP contribution in [0.15, 0.2) is 53.6 Å². The standard InChI is InChI=1S/C24H27N3O3/c1-3-29-22-11-7-10-19-21-16-20(18-8-5-4-6-9-18)25-27(21)24(30-23(19)22)12-14-26(15-13-24)17(2)28/h4-11,21H,3,12-16H2,1-2H3. The van der Waals surface area contributed by atoms with Crippen molar-refractivity contribution in [1.82, 2.24) is 9.91 Å². The van der Waals surface area contributed by atoms with Crippen molar-refractivity contribution in [3.8, 4) is 11.5 Å². The summed E-state index contributed by atoms with van der Waals surface area (Å²) in [7, 11) is 0. The Morgan fingerprint density at radius 2 is 1.93 bits per heavy atom. The summed E-state index contributed by atoms with van der Waals surface area (Å²) in [4.78, 5) is 13.8. The van der Waals surface area contributed by atoms with Crippen molar-refractivity contribution in [3.05, 3.63) is 59.7 Å². The molecule has 2 aromatic carbocycles. The molecule has 1 saturated heterocycles. The van der Waals surface area contributed by atoms with Crippen LogP contribution in [-0.2, 0) is 4.79 Å². The average molecular weight is 405 g/mol. The lowest BCUT2D eigenvalue weighted by Crippen LogP contribution is -2.59. The molecule has 1 fully saturated rings. The molecule has 1 amide bonds. The maximum absolute atomic E-state index is 11.9. The van der Waals surface area contributed by atoms with Gasteiger partial charge in [-0.1, -0.05) is 42.5 Å². The second-order valence-electron chi connectivity index (χ2n) is 8.14. The molecule has 1 unspecified atom stereocenters. The Morgan fingerprint density at radius 3 is 2.63 bits per heavy atom. The topological polar surface area (TPSA) is 54.4 Å². The first-order chi connectivity index (χ1) is 14.6. The van der Waals surface area contributed by atoms with Crippen LogP contribution in [0.2, 0.25) is 0 Å². The van der Waals surface area contributed by atoms with Gasteiger partial charge in [-0.05, 0) is 18.6 Å². The Kier molecular flexibility index (Phi) is 4.65. The number of amides is 1. The number of ether oxygens (including phenoxy) is 2. The van der Waals surface area contributed by atoms with E-state index >= 15 is 0 Å². The number of piperidine rings is 1. The van der Waals surface area contributed by atoms with Gasteiger partial charge in [0.25, 0.3) is 0 Å². The number of hydrazone groups is 1. The Morgan fingerprint density at radius 1 is 1.17 bits per heavy atom. The Bertz CT molecular complexity index is 980. The lowest BCUT2D eigenvalue weighted by molar-refractivity contribution is -0.159. The molecule has 6 heteroatoms. The molecule has 2 aromatic rings. The van der Waals surface area contributed by atoms with Gasteiger partial charge in [-0.2, -0.15) is 5.10 Å². The highest BCUT2D eigenvalue weighted by Gasteiger charge is 2.52. The molecule has 0 aliphatic carbocycles. The van der Waals surface area contributed by atoms with Crippen molar-refractivity contribution in [1.29, 1.82) is 0 Å². The smallest absolute Gasteiger partial charge is 0.219 e. The van der Waals surface area contributed by atoms with Gasteiger partial charge in [-0.3, -0.25) is 4.79 Å². The molecule has 0 bridgehead atoms. The van der Waals surface area contributed by atoms with E-state index in [9.17, 15) is 4.79 Å². The van der Waals surface area contributed by atoms with Gasteiger partial charge in [0, 0.05) is 44.8 Å². The highest BCUT2D eigenvalue weighted by molar-refractivity contribution is 6.02. The molecule has 3 heterocycles. The van der Waals surface area contributed by atoms with Gasteiger partial charge in [0.1, 0.15) is 0 Å². The molecular weight excluding hydrogens is 378 g/mol. The van der Waals surface area contributed by atoms with E-state index in [4.69, 9.17) is 14.6 Å². The van der Waals surface area contributed by atoms with E-state index in [1.165, 1.54) is 0 Å². The fourth-order valence-corrected chi connectivity index (χ4v) is 4.85. The van der Waals surface area contributed by atoms with E-state index < -0.39 is 5.72 Å². The van der Waals surface area contributed by atoms with Crippen molar-refractivity contribution >= 4 is 11.6 Å². The van der Waals surface area contributed by atoms with E-state index in [1.807, 2.05) is 42.2 Å². The van der Waals surface area contributed by atoms with Gasteiger partial charge in [0.05, 0.1) is 18.4 Å². The lowest BCUT2D eigenvalue weighted by atomic mass is 9.90. The lowest BCUT2D eigenvalue weighted by Gasteiger charge is -2.51. The van der Waals surface area contributed by atoms with E-state index in [-0.39, 0.29) is 11.9 Å². The van der Waals surface area contributed by atoms with E-state index in [1.54, 1.807) is 6.92 Å². The predicted molar refractivity (Wildman–Crippen MR) is 115 cm³/mol. The van der Waals surface area contributed by atoms with E-state index in [0.717, 1.165) is 34.8 Å². The van der Waals surface area contributed by atoms with Crippen LogP contribution in [-0.4, -0.2) is 46.9 Å². The monoisotopic (exact) mass is 405 g/mol. The predicted octanol–water partition coefficient (Wildman–Crippen LogP) is 3.97. The highest BCUT2D eigenvalue weighted by atomic mass is 16.6. The highest BCUT2D eigenvalue weighted by Crippen LogP contribution is 2.52. The summed E-state index contributed by atoms with van der Waals surface area (Å²) < 4.78 is 12.6. The van der Waals surface area contributed by atoms with Crippen molar-refractivity contribution in [2.75, 3.05) is 19.7 Å². The Labute approximate surface area is 177 Å². The Balaban J connectivity index is 1.57. The minimum atomic E-state index is -0.562. The van der Waals surface area contributed by atoms with Gasteiger partial charge < -0.3 is 14.4 Å². The summed E-state index contributed by atoms with van der Waals surface area (Å²) in [5, 5.41) is 7.25. The van der Waals surface area contributed by atoms with Crippen LogP contribution >= 0.6 is 0 Å². The van der Waals surface area contributed by atoms with Crippen molar-refractivity contribution in [3.63, 3.8) is 0 Å². The molecule has 30 heavy (non-hydrogen) atoms. The first-order valence-corrected chi connectivity index (χ1v) is 10.7. The quantitative estimate of drug-likeness (QED) is 0.776. The minimum absolute atomic E-state index is 0.105. The molecule has 156 valence electrons. The summed E-state index contributed by atoms with van der Waals surface area (Å²) in [6.07, 6.45) is 2.26. The number of carbonyl (C=O) groups excluding carboxylic acids is 1. The van der Waals surface area contributed by atoms with E-state index in [0.29, 0.717) is 32.5 Å². The molecule has 0 saturated carbocycles. The second-order valence-corrected chi connectivity index (χ2v) is 8.14. The average Bonchev–Trinajstić information content (AvgIpc) is 3.23. The fourth-order valence-electron chi connectivity index (χ4n) is 4.85. The summed E-state index contributed by atoms with van der Waals surface area (Å²) in [6.45, 7) is 5.54. The number of fused-ring (bicyclic) bond motifs is 4. The zero-order valence-corrected chi connectivity index (χ0v) is 17.5. The maximum Gasteiger partial charge on any atom is 0.219 e. The normalized spacial score (nSPS) is 21.5. The third-order valence-electron chi connectivity index (χ3n) is 6.39. The summed E-state index contributed by atoms with van der Waals surface area (Å²) >= 11 is 0. The van der Waals surface area contributed by atoms with Crippen LogP contribution < -0.4 is 9.47 Å². The number of nitrogens with zero attached hydrogens (tertiary/aromatic N) is 3. The zero-order chi connectivity index (χ0) is 20.7. The molecule has 0 aromatic heterocycles. The first-order valence-electron chi connectivity index (χ1n) is 10.7. The number of benzene rings is 2. The summed E-state index contributed by atoms with van der Waals surface area (Å²) in [6, 6.07) is 16.6. The van der Waals surface area contributed by atoms with Crippen LogP contribution in [0.4, 0.5) is 0 Å². The van der Waals surface area contributed by atoms with Gasteiger partial charge in [-0.15, -0.1) is 0 Å². The first kappa shape index (κ1) is 19.0. The molecular formula is C24H27N3O3. The zero-order valence-electron chi connectivity index (χ0n) is 17.5. The molecule has 3 aliphatic heterocycles. The molecule has 3 aliphatic rings. The molecule has 1 atom stereocenters. The van der Waals surface area contributed by atoms with Gasteiger partial charge >= 0.3 is 0 Å². The molecule has 0 radical (unpaired) electrons. The largest absolute Gasteiger partial charge is 0.490 e. The molecule has 0 N–H and O–H groups in total. The van der Waals surface area contributed by atoms with Crippen LogP contribution in [0.25, 0.3) is 0 Å². The van der Waals surface area contributed by atoms with Gasteiger partial charge in [-0.25, -0.2) is 5.01 Å². The van der Waals surface area contributed by atoms with Crippen LogP contribution in [0.3, 0.4) is 0 Å². The Hall–Kier alpha value is -3.02.